The van der Waals surface area contributed by atoms with Gasteiger partial charge in [0.15, 0.2) is 0 Å². The normalized spacial score (nSPS) is 12.0. The van der Waals surface area contributed by atoms with Crippen LogP contribution in [-0.4, -0.2) is 28.0 Å². The molecule has 1 atom stereocenters. The van der Waals surface area contributed by atoms with Crippen LogP contribution in [-0.2, 0) is 11.2 Å². The van der Waals surface area contributed by atoms with Gasteiger partial charge in [-0.15, -0.1) is 0 Å². The highest BCUT2D eigenvalue weighted by Gasteiger charge is 2.22. The summed E-state index contributed by atoms with van der Waals surface area (Å²) in [5.41, 5.74) is 2.14. The summed E-state index contributed by atoms with van der Waals surface area (Å²) < 4.78 is 0. The monoisotopic (exact) mass is 342 g/mol. The molecule has 0 radical (unpaired) electrons. The number of aromatic nitrogens is 1. The Morgan fingerprint density at radius 3 is 2.54 bits per heavy atom. The summed E-state index contributed by atoms with van der Waals surface area (Å²) in [7, 11) is 0. The number of carboxylic acids is 1. The van der Waals surface area contributed by atoms with Crippen molar-refractivity contribution in [2.24, 2.45) is 0 Å². The number of benzene rings is 2. The Balaban J connectivity index is 1.79. The van der Waals surface area contributed by atoms with Gasteiger partial charge < -0.3 is 15.4 Å². The van der Waals surface area contributed by atoms with E-state index in [1.807, 2.05) is 24.3 Å². The predicted octanol–water partition coefficient (Wildman–Crippen LogP) is 3.25. The fourth-order valence-electron chi connectivity index (χ4n) is 2.56. The number of hydrogen-bond acceptors (Lipinski definition) is 2. The van der Waals surface area contributed by atoms with Gasteiger partial charge in [-0.25, -0.2) is 4.79 Å². The first-order chi connectivity index (χ1) is 11.5. The van der Waals surface area contributed by atoms with Crippen molar-refractivity contribution in [2.75, 3.05) is 0 Å². The van der Waals surface area contributed by atoms with Crippen LogP contribution in [0.3, 0.4) is 0 Å². The lowest BCUT2D eigenvalue weighted by molar-refractivity contribution is -0.139. The van der Waals surface area contributed by atoms with Crippen molar-refractivity contribution >= 4 is 34.4 Å². The third-order valence-corrected chi connectivity index (χ3v) is 4.06. The molecule has 3 rings (SSSR count). The van der Waals surface area contributed by atoms with Crippen molar-refractivity contribution in [3.05, 3.63) is 70.9 Å². The molecule has 1 heterocycles. The van der Waals surface area contributed by atoms with E-state index in [2.05, 4.69) is 10.3 Å². The van der Waals surface area contributed by atoms with Crippen molar-refractivity contribution in [3.63, 3.8) is 0 Å². The van der Waals surface area contributed by atoms with Gasteiger partial charge in [0.2, 0.25) is 0 Å². The minimum Gasteiger partial charge on any atom is -0.480 e. The molecule has 0 spiro atoms. The first-order valence-corrected chi connectivity index (χ1v) is 7.76. The molecule has 1 aromatic heterocycles. The summed E-state index contributed by atoms with van der Waals surface area (Å²) >= 11 is 5.79. The smallest absolute Gasteiger partial charge is 0.326 e. The molecule has 3 N–H and O–H groups in total. The molecule has 0 saturated carbocycles. The Bertz CT molecular complexity index is 887. The number of halogens is 1. The SMILES string of the molecule is O=C(N[C@H](Cc1c[nH]c2ccccc12)C(=O)O)c1ccc(Cl)cc1. The number of H-pyrrole nitrogens is 1. The molecule has 0 aliphatic rings. The standard InChI is InChI=1S/C18H15ClN2O3/c19-13-7-5-11(6-8-13)17(22)21-16(18(23)24)9-12-10-20-15-4-2-1-3-14(12)15/h1-8,10,16,20H,9H2,(H,21,22)(H,23,24)/t16-/m1/s1. The van der Waals surface area contributed by atoms with Crippen LogP contribution in [0.4, 0.5) is 0 Å². The number of rotatable bonds is 5. The average Bonchev–Trinajstić information content (AvgIpc) is 2.98. The van der Waals surface area contributed by atoms with Crippen molar-refractivity contribution in [3.8, 4) is 0 Å². The van der Waals surface area contributed by atoms with Crippen LogP contribution in [0.15, 0.2) is 54.7 Å². The summed E-state index contributed by atoms with van der Waals surface area (Å²) in [4.78, 5) is 26.9. The molecular weight excluding hydrogens is 328 g/mol. The predicted molar refractivity (Wildman–Crippen MR) is 92.3 cm³/mol. The van der Waals surface area contributed by atoms with Gasteiger partial charge in [-0.1, -0.05) is 29.8 Å². The van der Waals surface area contributed by atoms with Crippen LogP contribution in [0.25, 0.3) is 10.9 Å². The number of hydrogen-bond donors (Lipinski definition) is 3. The molecule has 0 bridgehead atoms. The number of carboxylic acid groups (broad SMARTS) is 1. The zero-order chi connectivity index (χ0) is 17.1. The molecule has 0 aliphatic heterocycles. The number of aliphatic carboxylic acids is 1. The van der Waals surface area contributed by atoms with E-state index in [4.69, 9.17) is 11.6 Å². The van der Waals surface area contributed by atoms with Gasteiger partial charge in [0.1, 0.15) is 6.04 Å². The first-order valence-electron chi connectivity index (χ1n) is 7.39. The van der Waals surface area contributed by atoms with E-state index in [9.17, 15) is 14.7 Å². The summed E-state index contributed by atoms with van der Waals surface area (Å²) in [6, 6.07) is 12.9. The maximum atomic E-state index is 12.2. The molecule has 0 saturated heterocycles. The van der Waals surface area contributed by atoms with E-state index in [0.717, 1.165) is 16.5 Å². The molecule has 1 amide bonds. The topological polar surface area (TPSA) is 82.2 Å². The Morgan fingerprint density at radius 1 is 1.12 bits per heavy atom. The fraction of sp³-hybridized carbons (Fsp3) is 0.111. The Morgan fingerprint density at radius 2 is 1.83 bits per heavy atom. The minimum absolute atomic E-state index is 0.193. The van der Waals surface area contributed by atoms with E-state index in [1.165, 1.54) is 0 Å². The highest BCUT2D eigenvalue weighted by Crippen LogP contribution is 2.19. The second-order valence-corrected chi connectivity index (χ2v) is 5.87. The summed E-state index contributed by atoms with van der Waals surface area (Å²) in [6.07, 6.45) is 1.97. The lowest BCUT2D eigenvalue weighted by Gasteiger charge is -2.14. The Labute approximate surface area is 143 Å². The average molecular weight is 343 g/mol. The highest BCUT2D eigenvalue weighted by atomic mass is 35.5. The summed E-state index contributed by atoms with van der Waals surface area (Å²) in [6.45, 7) is 0. The maximum absolute atomic E-state index is 12.2. The highest BCUT2D eigenvalue weighted by molar-refractivity contribution is 6.30. The molecule has 0 fully saturated rings. The van der Waals surface area contributed by atoms with Crippen LogP contribution >= 0.6 is 11.6 Å². The summed E-state index contributed by atoms with van der Waals surface area (Å²) in [5.74, 6) is -1.53. The van der Waals surface area contributed by atoms with E-state index in [1.54, 1.807) is 30.5 Å². The van der Waals surface area contributed by atoms with Crippen LogP contribution in [0, 0.1) is 0 Å². The zero-order valence-corrected chi connectivity index (χ0v) is 13.4. The molecule has 0 unspecified atom stereocenters. The molecule has 24 heavy (non-hydrogen) atoms. The summed E-state index contributed by atoms with van der Waals surface area (Å²) in [5, 5.41) is 13.5. The van der Waals surface area contributed by atoms with Gasteiger partial charge in [-0.05, 0) is 35.9 Å². The lowest BCUT2D eigenvalue weighted by Crippen LogP contribution is -2.42. The van der Waals surface area contributed by atoms with Gasteiger partial charge in [0, 0.05) is 34.1 Å². The van der Waals surface area contributed by atoms with Gasteiger partial charge in [0.25, 0.3) is 5.91 Å². The van der Waals surface area contributed by atoms with Gasteiger partial charge in [-0.2, -0.15) is 0 Å². The molecule has 5 nitrogen and oxygen atoms in total. The minimum atomic E-state index is -1.08. The number of aromatic amines is 1. The lowest BCUT2D eigenvalue weighted by atomic mass is 10.0. The van der Waals surface area contributed by atoms with E-state index in [-0.39, 0.29) is 6.42 Å². The number of amides is 1. The number of fused-ring (bicyclic) bond motifs is 1. The quantitative estimate of drug-likeness (QED) is 0.665. The molecule has 6 heteroatoms. The fourth-order valence-corrected chi connectivity index (χ4v) is 2.69. The zero-order valence-electron chi connectivity index (χ0n) is 12.6. The second kappa shape index (κ2) is 6.76. The van der Waals surface area contributed by atoms with Crippen molar-refractivity contribution in [1.82, 2.24) is 10.3 Å². The number of carbonyl (C=O) groups is 2. The van der Waals surface area contributed by atoms with Gasteiger partial charge >= 0.3 is 5.97 Å². The third kappa shape index (κ3) is 3.41. The van der Waals surface area contributed by atoms with Crippen LogP contribution in [0.1, 0.15) is 15.9 Å². The Hall–Kier alpha value is -2.79. The number of carbonyl (C=O) groups excluding carboxylic acids is 1. The molecule has 122 valence electrons. The molecule has 0 aliphatic carbocycles. The van der Waals surface area contributed by atoms with E-state index >= 15 is 0 Å². The van der Waals surface area contributed by atoms with Crippen LogP contribution in [0.2, 0.25) is 5.02 Å². The van der Waals surface area contributed by atoms with Gasteiger partial charge in [0.05, 0.1) is 0 Å². The number of para-hydroxylation sites is 1. The third-order valence-electron chi connectivity index (χ3n) is 3.81. The van der Waals surface area contributed by atoms with E-state index < -0.39 is 17.9 Å². The van der Waals surface area contributed by atoms with Gasteiger partial charge in [-0.3, -0.25) is 4.79 Å². The van der Waals surface area contributed by atoms with Crippen molar-refractivity contribution in [1.29, 1.82) is 0 Å². The van der Waals surface area contributed by atoms with Crippen molar-refractivity contribution < 1.29 is 14.7 Å². The maximum Gasteiger partial charge on any atom is 0.326 e. The molecule has 3 aromatic rings. The van der Waals surface area contributed by atoms with Crippen molar-refractivity contribution in [2.45, 2.75) is 12.5 Å². The first kappa shape index (κ1) is 16.1. The van der Waals surface area contributed by atoms with E-state index in [0.29, 0.717) is 10.6 Å². The Kier molecular flexibility index (Phi) is 4.53. The second-order valence-electron chi connectivity index (χ2n) is 5.43. The molecular formula is C18H15ClN2O3. The van der Waals surface area contributed by atoms with Crippen LogP contribution < -0.4 is 5.32 Å². The largest absolute Gasteiger partial charge is 0.480 e. The van der Waals surface area contributed by atoms with Crippen LogP contribution in [0.5, 0.6) is 0 Å². The molecule has 2 aromatic carbocycles. The number of nitrogens with one attached hydrogen (secondary N) is 2.